The van der Waals surface area contributed by atoms with E-state index in [2.05, 4.69) is 16.8 Å². The lowest BCUT2D eigenvalue weighted by atomic mass is 9.83. The summed E-state index contributed by atoms with van der Waals surface area (Å²) in [6.07, 6.45) is 7.14. The molecule has 22 heavy (non-hydrogen) atoms. The minimum Gasteiger partial charge on any atom is -0.427 e. The van der Waals surface area contributed by atoms with Crippen LogP contribution in [0.2, 0.25) is 6.32 Å². The third kappa shape index (κ3) is 12.9. The van der Waals surface area contributed by atoms with Gasteiger partial charge in [0.15, 0.2) is 0 Å². The lowest BCUT2D eigenvalue weighted by Crippen LogP contribution is -2.36. The average molecular weight is 315 g/mol. The van der Waals surface area contributed by atoms with Crippen LogP contribution in [0.25, 0.3) is 0 Å². The maximum absolute atomic E-state index is 8.76. The third-order valence-electron chi connectivity index (χ3n) is 3.81. The molecule has 1 unspecified atom stereocenters. The van der Waals surface area contributed by atoms with Crippen LogP contribution < -0.4 is 5.73 Å². The van der Waals surface area contributed by atoms with Gasteiger partial charge in [-0.1, -0.05) is 12.8 Å². The molecule has 1 aliphatic rings. The van der Waals surface area contributed by atoms with E-state index in [9.17, 15) is 0 Å². The summed E-state index contributed by atoms with van der Waals surface area (Å²) in [4.78, 5) is 21.1. The van der Waals surface area contributed by atoms with Gasteiger partial charge >= 0.3 is 13.3 Å². The van der Waals surface area contributed by atoms with Crippen molar-refractivity contribution in [3.63, 3.8) is 0 Å². The van der Waals surface area contributed by atoms with Gasteiger partial charge in [-0.05, 0) is 52.1 Å². The molecule has 1 atom stereocenters. The molecule has 128 valence electrons. The first kappa shape index (κ1) is 21.2. The number of nitrogens with two attached hydrogens (primary N) is 1. The normalized spacial score (nSPS) is 17.8. The molecule has 0 aromatic rings. The summed E-state index contributed by atoms with van der Waals surface area (Å²) >= 11 is 0. The van der Waals surface area contributed by atoms with Crippen LogP contribution in [-0.2, 0) is 9.59 Å². The number of carbonyl (C=O) groups excluding carboxylic acids is 2. The van der Waals surface area contributed by atoms with Gasteiger partial charge in [-0.2, -0.15) is 9.59 Å². The van der Waals surface area contributed by atoms with E-state index < -0.39 is 7.12 Å². The van der Waals surface area contributed by atoms with Gasteiger partial charge in [-0.25, -0.2) is 0 Å². The van der Waals surface area contributed by atoms with Crippen LogP contribution in [0.15, 0.2) is 0 Å². The Morgan fingerprint density at radius 3 is 2.45 bits per heavy atom. The molecule has 1 aliphatic heterocycles. The first-order valence-electron chi connectivity index (χ1n) is 8.01. The number of unbranched alkanes of at least 4 members (excludes halogenated alkanes) is 1. The minimum absolute atomic E-state index is 0.240. The van der Waals surface area contributed by atoms with Crippen LogP contribution in [0.4, 0.5) is 0 Å². The van der Waals surface area contributed by atoms with E-state index in [-0.39, 0.29) is 12.2 Å². The van der Waals surface area contributed by atoms with Crippen molar-refractivity contribution in [1.82, 2.24) is 9.80 Å². The lowest BCUT2D eigenvalue weighted by Gasteiger charge is -2.25. The zero-order valence-electron chi connectivity index (χ0n) is 13.6. The zero-order valence-corrected chi connectivity index (χ0v) is 13.6. The molecular weight excluding hydrogens is 285 g/mol. The van der Waals surface area contributed by atoms with Gasteiger partial charge in [-0.3, -0.25) is 9.80 Å². The Morgan fingerprint density at radius 1 is 1.18 bits per heavy atom. The summed E-state index contributed by atoms with van der Waals surface area (Å²) in [7, 11) is 1.02. The van der Waals surface area contributed by atoms with Gasteiger partial charge in [-0.15, -0.1) is 0 Å². The molecule has 0 aromatic heterocycles. The second-order valence-electron chi connectivity index (χ2n) is 5.94. The fraction of sp³-hybridized carbons (Fsp3) is 0.929. The van der Waals surface area contributed by atoms with Gasteiger partial charge in [0.2, 0.25) is 0 Å². The Hall–Kier alpha value is -0.755. The van der Waals surface area contributed by atoms with Gasteiger partial charge in [0, 0.05) is 12.6 Å². The van der Waals surface area contributed by atoms with Crippen molar-refractivity contribution >= 4 is 13.3 Å². The quantitative estimate of drug-likeness (QED) is 0.419. The van der Waals surface area contributed by atoms with Crippen LogP contribution in [-0.4, -0.2) is 72.5 Å². The first-order chi connectivity index (χ1) is 10.5. The molecule has 0 amide bonds. The minimum atomic E-state index is -1.16. The lowest BCUT2D eigenvalue weighted by molar-refractivity contribution is -0.191. The number of nitrogens with zero attached hydrogens (tertiary/aromatic N) is 2. The Balaban J connectivity index is 0.00000135. The summed E-state index contributed by atoms with van der Waals surface area (Å²) in [5.74, 6) is 0. The molecule has 1 saturated heterocycles. The van der Waals surface area contributed by atoms with Crippen LogP contribution in [0.5, 0.6) is 0 Å². The molecule has 0 saturated carbocycles. The zero-order chi connectivity index (χ0) is 16.8. The van der Waals surface area contributed by atoms with Crippen molar-refractivity contribution in [3.05, 3.63) is 0 Å². The standard InChI is InChI=1S/C13H30BN3O2.CO2/c1-16-9-4-5-10-17(12-16)11-7-13(15)6-2-3-8-14(18)19;2-1-3/h13,18-19H,2-12,15H2,1H3;. The maximum Gasteiger partial charge on any atom is 0.451 e. The molecule has 8 heteroatoms. The molecule has 7 nitrogen and oxygen atoms in total. The van der Waals surface area contributed by atoms with Crippen molar-refractivity contribution in [2.24, 2.45) is 5.73 Å². The topological polar surface area (TPSA) is 107 Å². The van der Waals surface area contributed by atoms with Crippen molar-refractivity contribution in [2.45, 2.75) is 50.9 Å². The summed E-state index contributed by atoms with van der Waals surface area (Å²) in [6.45, 7) is 4.53. The summed E-state index contributed by atoms with van der Waals surface area (Å²) in [5.41, 5.74) is 6.12. The third-order valence-corrected chi connectivity index (χ3v) is 3.81. The molecule has 0 spiro atoms. The summed E-state index contributed by atoms with van der Waals surface area (Å²) < 4.78 is 0. The van der Waals surface area contributed by atoms with Crippen molar-refractivity contribution in [2.75, 3.05) is 33.4 Å². The summed E-state index contributed by atoms with van der Waals surface area (Å²) in [6, 6.07) is 0.240. The van der Waals surface area contributed by atoms with E-state index in [1.165, 1.54) is 25.9 Å². The monoisotopic (exact) mass is 315 g/mol. The van der Waals surface area contributed by atoms with E-state index in [1.54, 1.807) is 0 Å². The van der Waals surface area contributed by atoms with Crippen LogP contribution in [0.1, 0.15) is 38.5 Å². The predicted molar refractivity (Wildman–Crippen MR) is 84.8 cm³/mol. The second-order valence-corrected chi connectivity index (χ2v) is 5.94. The van der Waals surface area contributed by atoms with Crippen molar-refractivity contribution in [3.8, 4) is 0 Å². The molecule has 0 radical (unpaired) electrons. The van der Waals surface area contributed by atoms with Crippen LogP contribution in [0.3, 0.4) is 0 Å². The molecule has 0 bridgehead atoms. The van der Waals surface area contributed by atoms with E-state index in [0.29, 0.717) is 6.32 Å². The Kier molecular flexibility index (Phi) is 13.4. The Bertz CT molecular complexity index is 302. The van der Waals surface area contributed by atoms with Crippen LogP contribution >= 0.6 is 0 Å². The summed E-state index contributed by atoms with van der Waals surface area (Å²) in [5, 5.41) is 17.5. The van der Waals surface area contributed by atoms with E-state index >= 15 is 0 Å². The van der Waals surface area contributed by atoms with E-state index in [1.807, 2.05) is 0 Å². The highest BCUT2D eigenvalue weighted by atomic mass is 16.4. The number of hydrogen-bond donors (Lipinski definition) is 3. The predicted octanol–water partition coefficient (Wildman–Crippen LogP) is -0.251. The molecule has 1 heterocycles. The molecule has 0 aromatic carbocycles. The molecule has 1 rings (SSSR count). The van der Waals surface area contributed by atoms with Gasteiger partial charge in [0.1, 0.15) is 0 Å². The molecular formula is C14H30BN3O4. The number of rotatable bonds is 8. The van der Waals surface area contributed by atoms with Crippen LogP contribution in [0, 0.1) is 0 Å². The smallest absolute Gasteiger partial charge is 0.427 e. The molecule has 4 N–H and O–H groups in total. The number of hydrogen-bond acceptors (Lipinski definition) is 7. The van der Waals surface area contributed by atoms with Gasteiger partial charge in [0.25, 0.3) is 0 Å². The second kappa shape index (κ2) is 13.9. The fourth-order valence-electron chi connectivity index (χ4n) is 2.61. The SMILES string of the molecule is CN1CCCCN(CCC(N)CCCCB(O)O)C1.O=C=O. The highest BCUT2D eigenvalue weighted by Crippen LogP contribution is 2.09. The van der Waals surface area contributed by atoms with Crippen molar-refractivity contribution in [1.29, 1.82) is 0 Å². The highest BCUT2D eigenvalue weighted by Gasteiger charge is 2.14. The van der Waals surface area contributed by atoms with Gasteiger partial charge in [0.05, 0.1) is 6.67 Å². The Labute approximate surface area is 133 Å². The van der Waals surface area contributed by atoms with Crippen molar-refractivity contribution < 1.29 is 19.6 Å². The fourth-order valence-corrected chi connectivity index (χ4v) is 2.61. The average Bonchev–Trinajstić information content (AvgIpc) is 2.66. The van der Waals surface area contributed by atoms with E-state index in [4.69, 9.17) is 25.4 Å². The first-order valence-corrected chi connectivity index (χ1v) is 8.01. The molecule has 1 fully saturated rings. The largest absolute Gasteiger partial charge is 0.451 e. The highest BCUT2D eigenvalue weighted by molar-refractivity contribution is 6.40. The van der Waals surface area contributed by atoms with E-state index in [0.717, 1.165) is 38.9 Å². The van der Waals surface area contributed by atoms with Gasteiger partial charge < -0.3 is 15.8 Å². The Morgan fingerprint density at radius 2 is 1.82 bits per heavy atom. The molecule has 0 aliphatic carbocycles. The maximum atomic E-state index is 8.76.